The van der Waals surface area contributed by atoms with E-state index in [1.807, 2.05) is 0 Å². The predicted octanol–water partition coefficient (Wildman–Crippen LogP) is 1.06. The molecular weight excluding hydrogens is 230 g/mol. The minimum Gasteiger partial charge on any atom is -0.479 e. The summed E-state index contributed by atoms with van der Waals surface area (Å²) in [6.45, 7) is 1.74. The average molecular weight is 244 g/mol. The van der Waals surface area contributed by atoms with Crippen molar-refractivity contribution in [3.05, 3.63) is 11.0 Å². The summed E-state index contributed by atoms with van der Waals surface area (Å²) in [6.07, 6.45) is 0. The molecule has 0 aliphatic heterocycles. The van der Waals surface area contributed by atoms with Gasteiger partial charge in [0.2, 0.25) is 5.88 Å². The maximum Gasteiger partial charge on any atom is 0.242 e. The number of anilines is 1. The van der Waals surface area contributed by atoms with Gasteiger partial charge in [-0.1, -0.05) is 11.6 Å². The molecule has 6 nitrogen and oxygen atoms in total. The maximum absolute atomic E-state index is 6.00. The van der Waals surface area contributed by atoms with Crippen LogP contribution in [0.1, 0.15) is 5.82 Å². The molecule has 88 valence electrons. The second-order valence-corrected chi connectivity index (χ2v) is 3.25. The molecule has 1 rings (SSSR count). The van der Waals surface area contributed by atoms with Gasteiger partial charge in [0.05, 0.1) is 7.11 Å². The first-order chi connectivity index (χ1) is 7.62. The minimum absolute atomic E-state index is 0.292. The average Bonchev–Trinajstić information content (AvgIpc) is 2.27. The van der Waals surface area contributed by atoms with E-state index in [9.17, 15) is 0 Å². The second kappa shape index (κ2) is 5.50. The Kier molecular flexibility index (Phi) is 4.30. The third-order valence-electron chi connectivity index (χ3n) is 1.84. The van der Waals surface area contributed by atoms with Gasteiger partial charge in [0.1, 0.15) is 11.5 Å². The Morgan fingerprint density at radius 3 is 2.62 bits per heavy atom. The minimum atomic E-state index is 0.292. The Morgan fingerprint density at radius 1 is 1.44 bits per heavy atom. The van der Waals surface area contributed by atoms with E-state index in [1.165, 1.54) is 7.11 Å². The fourth-order valence-corrected chi connectivity index (χ4v) is 1.37. The molecule has 0 aromatic carbocycles. The molecule has 0 bridgehead atoms. The summed E-state index contributed by atoms with van der Waals surface area (Å²) in [5.41, 5.74) is 0.490. The van der Waals surface area contributed by atoms with Gasteiger partial charge in [0, 0.05) is 14.1 Å². The molecule has 1 aromatic rings. The van der Waals surface area contributed by atoms with Gasteiger partial charge in [0.15, 0.2) is 11.1 Å². The quantitative estimate of drug-likeness (QED) is 0.462. The summed E-state index contributed by atoms with van der Waals surface area (Å²) in [4.78, 5) is 12.1. The molecule has 7 heteroatoms. The Labute approximate surface area is 99.1 Å². The van der Waals surface area contributed by atoms with Crippen LogP contribution >= 0.6 is 11.6 Å². The highest BCUT2D eigenvalue weighted by Gasteiger charge is 2.13. The molecule has 0 radical (unpaired) electrons. The van der Waals surface area contributed by atoms with Crippen molar-refractivity contribution in [1.82, 2.24) is 15.3 Å². The van der Waals surface area contributed by atoms with Crippen LogP contribution in [0.3, 0.4) is 0 Å². The Morgan fingerprint density at radius 2 is 2.12 bits per heavy atom. The van der Waals surface area contributed by atoms with Crippen LogP contribution in [0.4, 0.5) is 5.69 Å². The van der Waals surface area contributed by atoms with E-state index in [1.54, 1.807) is 21.0 Å². The van der Waals surface area contributed by atoms with Crippen molar-refractivity contribution in [2.75, 3.05) is 26.5 Å². The van der Waals surface area contributed by atoms with E-state index in [4.69, 9.17) is 16.3 Å². The van der Waals surface area contributed by atoms with Gasteiger partial charge < -0.3 is 15.4 Å². The lowest BCUT2D eigenvalue weighted by atomic mass is 10.4. The standard InChI is InChI=1S/C9H14ClN5O/c1-5-13-7(10)6(8(14-5)16-4)15-9(11-2)12-3/h1-4H3,(H2,11,12,15). The smallest absolute Gasteiger partial charge is 0.242 e. The first-order valence-electron chi connectivity index (χ1n) is 4.62. The number of methoxy groups -OCH3 is 1. The topological polar surface area (TPSA) is 71.4 Å². The zero-order chi connectivity index (χ0) is 12.1. The van der Waals surface area contributed by atoms with E-state index in [-0.39, 0.29) is 0 Å². The van der Waals surface area contributed by atoms with Gasteiger partial charge in [-0.2, -0.15) is 4.98 Å². The molecule has 2 N–H and O–H groups in total. The Balaban J connectivity index is 3.12. The van der Waals surface area contributed by atoms with E-state index < -0.39 is 0 Å². The van der Waals surface area contributed by atoms with Crippen LogP contribution in [0.2, 0.25) is 5.15 Å². The molecule has 0 amide bonds. The van der Waals surface area contributed by atoms with Crippen LogP contribution in [0.25, 0.3) is 0 Å². The van der Waals surface area contributed by atoms with E-state index in [2.05, 4.69) is 25.6 Å². The van der Waals surface area contributed by atoms with E-state index in [0.717, 1.165) is 0 Å². The first kappa shape index (κ1) is 12.5. The lowest BCUT2D eigenvalue weighted by molar-refractivity contribution is 0.398. The Bertz CT molecular complexity index is 407. The molecular formula is C9H14ClN5O. The summed E-state index contributed by atoms with van der Waals surface area (Å²) >= 11 is 6.00. The van der Waals surface area contributed by atoms with Crippen LogP contribution in [0.15, 0.2) is 4.99 Å². The van der Waals surface area contributed by atoms with Crippen molar-refractivity contribution in [3.8, 4) is 5.88 Å². The first-order valence-corrected chi connectivity index (χ1v) is 4.99. The molecule has 0 saturated carbocycles. The number of aryl methyl sites for hydroxylation is 1. The molecule has 0 fully saturated rings. The van der Waals surface area contributed by atoms with Crippen LogP contribution in [-0.2, 0) is 0 Å². The second-order valence-electron chi connectivity index (χ2n) is 2.89. The number of nitrogens with zero attached hydrogens (tertiary/aromatic N) is 3. The molecule has 16 heavy (non-hydrogen) atoms. The van der Waals surface area contributed by atoms with Crippen molar-refractivity contribution >= 4 is 23.2 Å². The number of hydrogen-bond donors (Lipinski definition) is 2. The van der Waals surface area contributed by atoms with Crippen molar-refractivity contribution in [3.63, 3.8) is 0 Å². The summed E-state index contributed by atoms with van der Waals surface area (Å²) in [6, 6.07) is 0. The van der Waals surface area contributed by atoms with Crippen LogP contribution in [0, 0.1) is 6.92 Å². The van der Waals surface area contributed by atoms with Gasteiger partial charge in [-0.15, -0.1) is 0 Å². The SMILES string of the molecule is CN=C(NC)Nc1c(Cl)nc(C)nc1OC. The number of aliphatic imine (C=N–C) groups is 1. The number of hydrogen-bond acceptors (Lipinski definition) is 4. The summed E-state index contributed by atoms with van der Waals surface area (Å²) < 4.78 is 5.12. The van der Waals surface area contributed by atoms with Gasteiger partial charge in [-0.05, 0) is 6.92 Å². The zero-order valence-corrected chi connectivity index (χ0v) is 10.4. The van der Waals surface area contributed by atoms with Gasteiger partial charge >= 0.3 is 0 Å². The van der Waals surface area contributed by atoms with Gasteiger partial charge in [-0.3, -0.25) is 4.99 Å². The maximum atomic E-state index is 6.00. The number of halogens is 1. The van der Waals surface area contributed by atoms with E-state index in [0.29, 0.717) is 28.5 Å². The molecule has 0 spiro atoms. The molecule has 0 aliphatic carbocycles. The Hall–Kier alpha value is -1.56. The predicted molar refractivity (Wildman–Crippen MR) is 64.4 cm³/mol. The fourth-order valence-electron chi connectivity index (χ4n) is 1.12. The number of rotatable bonds is 2. The highest BCUT2D eigenvalue weighted by Crippen LogP contribution is 2.28. The fraction of sp³-hybridized carbons (Fsp3) is 0.444. The van der Waals surface area contributed by atoms with Crippen molar-refractivity contribution < 1.29 is 4.74 Å². The monoisotopic (exact) mass is 243 g/mol. The van der Waals surface area contributed by atoms with E-state index >= 15 is 0 Å². The van der Waals surface area contributed by atoms with Crippen LogP contribution in [0.5, 0.6) is 5.88 Å². The normalized spacial score (nSPS) is 11.2. The zero-order valence-electron chi connectivity index (χ0n) is 9.63. The number of aromatic nitrogens is 2. The molecule has 1 aromatic heterocycles. The molecule has 0 unspecified atom stereocenters. The lowest BCUT2D eigenvalue weighted by Crippen LogP contribution is -2.27. The van der Waals surface area contributed by atoms with Crippen LogP contribution in [-0.4, -0.2) is 37.1 Å². The van der Waals surface area contributed by atoms with Crippen LogP contribution < -0.4 is 15.4 Å². The van der Waals surface area contributed by atoms with Gasteiger partial charge in [0.25, 0.3) is 0 Å². The highest BCUT2D eigenvalue weighted by atomic mass is 35.5. The molecule has 0 atom stereocenters. The largest absolute Gasteiger partial charge is 0.479 e. The molecule has 0 saturated heterocycles. The van der Waals surface area contributed by atoms with Gasteiger partial charge in [-0.25, -0.2) is 4.98 Å². The molecule has 0 aliphatic rings. The highest BCUT2D eigenvalue weighted by molar-refractivity contribution is 6.32. The molecule has 1 heterocycles. The van der Waals surface area contributed by atoms with Crippen molar-refractivity contribution in [2.24, 2.45) is 4.99 Å². The number of nitrogens with one attached hydrogen (secondary N) is 2. The number of ether oxygens (including phenoxy) is 1. The third kappa shape index (κ3) is 2.73. The van der Waals surface area contributed by atoms with Crippen molar-refractivity contribution in [1.29, 1.82) is 0 Å². The van der Waals surface area contributed by atoms with Crippen molar-refractivity contribution in [2.45, 2.75) is 6.92 Å². The third-order valence-corrected chi connectivity index (χ3v) is 2.11. The number of guanidine groups is 1. The lowest BCUT2D eigenvalue weighted by Gasteiger charge is -2.12. The summed E-state index contributed by atoms with van der Waals surface area (Å²) in [5.74, 6) is 1.48. The summed E-state index contributed by atoms with van der Waals surface area (Å²) in [5, 5.41) is 6.11. The summed E-state index contributed by atoms with van der Waals surface area (Å²) in [7, 11) is 4.91.